The Morgan fingerprint density at radius 3 is 1.76 bits per heavy atom. The molecule has 0 unspecified atom stereocenters. The van der Waals surface area contributed by atoms with Crippen LogP contribution in [0.25, 0.3) is 71.7 Å². The van der Waals surface area contributed by atoms with Crippen LogP contribution in [0, 0.1) is 0 Å². The highest BCUT2D eigenvalue weighted by molar-refractivity contribution is 6.20. The van der Waals surface area contributed by atoms with E-state index in [4.69, 9.17) is 4.42 Å². The molecule has 10 rings (SSSR count). The zero-order valence-corrected chi connectivity index (χ0v) is 27.3. The van der Waals surface area contributed by atoms with Crippen molar-refractivity contribution in [3.8, 4) is 33.4 Å². The van der Waals surface area contributed by atoms with Crippen molar-refractivity contribution in [2.45, 2.75) is 0 Å². The summed E-state index contributed by atoms with van der Waals surface area (Å²) in [5.74, 6) is 0. The first-order valence-corrected chi connectivity index (χ1v) is 17.0. The zero-order valence-electron chi connectivity index (χ0n) is 27.3. The fourth-order valence-electron chi connectivity index (χ4n) is 7.79. The minimum atomic E-state index is 0.881. The number of anilines is 3. The molecule has 234 valence electrons. The molecule has 9 aromatic rings. The predicted molar refractivity (Wildman–Crippen MR) is 210 cm³/mol. The highest BCUT2D eigenvalue weighted by Crippen LogP contribution is 2.52. The van der Waals surface area contributed by atoms with Crippen LogP contribution in [0.2, 0.25) is 0 Å². The van der Waals surface area contributed by atoms with Gasteiger partial charge in [-0.15, -0.1) is 0 Å². The van der Waals surface area contributed by atoms with Gasteiger partial charge in [-0.1, -0.05) is 146 Å². The number of hydrogen-bond donors (Lipinski definition) is 0. The monoisotopic (exact) mass is 637 g/mol. The minimum Gasteiger partial charge on any atom is -0.455 e. The summed E-state index contributed by atoms with van der Waals surface area (Å²) in [6.45, 7) is 4.55. The van der Waals surface area contributed by atoms with Crippen molar-refractivity contribution < 1.29 is 4.42 Å². The number of nitrogens with zero attached hydrogens (tertiary/aromatic N) is 1. The molecule has 0 saturated carbocycles. The summed E-state index contributed by atoms with van der Waals surface area (Å²) >= 11 is 0. The standard InChI is InChI=1S/C48H31NO/c1-31-37-17-8-10-19-40(37)47-38(31)21-12-22-44(47)49(36-26-23-34(24-27-36)32-13-4-2-5-14-32)45-30-43-42-29-35(33-15-6-3-7-16-33)25-28-46(42)50-48(43)41-20-11-9-18-39(41)45/h2-30H,1H2. The maximum atomic E-state index is 6.67. The Hall–Kier alpha value is -6.64. The van der Waals surface area contributed by atoms with Crippen LogP contribution in [0.4, 0.5) is 17.1 Å². The van der Waals surface area contributed by atoms with Gasteiger partial charge in [-0.25, -0.2) is 0 Å². The molecule has 0 bridgehead atoms. The van der Waals surface area contributed by atoms with E-state index < -0.39 is 0 Å². The summed E-state index contributed by atoms with van der Waals surface area (Å²) in [6.07, 6.45) is 0. The summed E-state index contributed by atoms with van der Waals surface area (Å²) in [6, 6.07) is 62.8. The predicted octanol–water partition coefficient (Wildman–Crippen LogP) is 13.6. The molecule has 0 atom stereocenters. The van der Waals surface area contributed by atoms with Crippen molar-refractivity contribution in [1.82, 2.24) is 0 Å². The summed E-state index contributed by atoms with van der Waals surface area (Å²) in [4.78, 5) is 2.44. The first kappa shape index (κ1) is 28.4. The SMILES string of the molecule is C=C1c2ccccc2-c2c1cccc2N(c1ccc(-c2ccccc2)cc1)c1cc2c3cc(-c4ccccc4)ccc3oc2c2ccccc12. The molecule has 8 aromatic carbocycles. The summed E-state index contributed by atoms with van der Waals surface area (Å²) in [5.41, 5.74) is 15.6. The van der Waals surface area contributed by atoms with Gasteiger partial charge in [-0.2, -0.15) is 0 Å². The average molecular weight is 638 g/mol. The molecule has 1 heterocycles. The van der Waals surface area contributed by atoms with E-state index in [0.717, 1.165) is 55.3 Å². The van der Waals surface area contributed by atoms with E-state index in [9.17, 15) is 0 Å². The van der Waals surface area contributed by atoms with Crippen LogP contribution in [0.15, 0.2) is 187 Å². The topological polar surface area (TPSA) is 16.4 Å². The van der Waals surface area contributed by atoms with Crippen LogP contribution >= 0.6 is 0 Å². The van der Waals surface area contributed by atoms with Crippen LogP contribution in [0.3, 0.4) is 0 Å². The Balaban J connectivity index is 1.27. The zero-order chi connectivity index (χ0) is 33.2. The summed E-state index contributed by atoms with van der Waals surface area (Å²) in [7, 11) is 0. The normalized spacial score (nSPS) is 12.0. The van der Waals surface area contributed by atoms with Gasteiger partial charge in [0.15, 0.2) is 0 Å². The van der Waals surface area contributed by atoms with E-state index in [1.165, 1.54) is 44.5 Å². The lowest BCUT2D eigenvalue weighted by atomic mass is 9.97. The molecular weight excluding hydrogens is 607 g/mol. The van der Waals surface area contributed by atoms with E-state index in [2.05, 4.69) is 187 Å². The van der Waals surface area contributed by atoms with Gasteiger partial charge in [-0.3, -0.25) is 0 Å². The Morgan fingerprint density at radius 2 is 1.00 bits per heavy atom. The van der Waals surface area contributed by atoms with E-state index in [0.29, 0.717) is 0 Å². The van der Waals surface area contributed by atoms with Crippen LogP contribution in [-0.4, -0.2) is 0 Å². The van der Waals surface area contributed by atoms with E-state index in [1.807, 2.05) is 0 Å². The largest absolute Gasteiger partial charge is 0.455 e. The third kappa shape index (κ3) is 4.36. The maximum Gasteiger partial charge on any atom is 0.143 e. The summed E-state index contributed by atoms with van der Waals surface area (Å²) < 4.78 is 6.67. The van der Waals surface area contributed by atoms with Crippen molar-refractivity contribution in [2.75, 3.05) is 4.90 Å². The third-order valence-electron chi connectivity index (χ3n) is 10.2. The first-order chi connectivity index (χ1) is 24.7. The number of hydrogen-bond acceptors (Lipinski definition) is 2. The van der Waals surface area contributed by atoms with Gasteiger partial charge in [0, 0.05) is 32.8 Å². The molecule has 0 amide bonds. The van der Waals surface area contributed by atoms with Crippen LogP contribution in [0.1, 0.15) is 11.1 Å². The molecule has 0 aliphatic heterocycles. The average Bonchev–Trinajstić information content (AvgIpc) is 3.71. The van der Waals surface area contributed by atoms with Gasteiger partial charge in [-0.05, 0) is 80.9 Å². The molecule has 2 heteroatoms. The molecule has 0 fully saturated rings. The van der Waals surface area contributed by atoms with Crippen molar-refractivity contribution in [3.63, 3.8) is 0 Å². The fraction of sp³-hybridized carbons (Fsp3) is 0. The van der Waals surface area contributed by atoms with E-state index >= 15 is 0 Å². The van der Waals surface area contributed by atoms with Crippen LogP contribution in [-0.2, 0) is 0 Å². The first-order valence-electron chi connectivity index (χ1n) is 17.0. The highest BCUT2D eigenvalue weighted by Gasteiger charge is 2.29. The second-order valence-electron chi connectivity index (χ2n) is 13.0. The Labute approximate surface area is 290 Å². The lowest BCUT2D eigenvalue weighted by molar-refractivity contribution is 0.672. The molecule has 0 spiro atoms. The molecular formula is C48H31NO. The number of benzene rings is 8. The Bertz CT molecular complexity index is 2760. The van der Waals surface area contributed by atoms with E-state index in [1.54, 1.807) is 0 Å². The second-order valence-corrected chi connectivity index (χ2v) is 13.0. The Morgan fingerprint density at radius 1 is 0.400 bits per heavy atom. The number of rotatable bonds is 5. The second kappa shape index (κ2) is 11.2. The minimum absolute atomic E-state index is 0.881. The van der Waals surface area contributed by atoms with Gasteiger partial charge in [0.1, 0.15) is 11.2 Å². The fourth-order valence-corrected chi connectivity index (χ4v) is 7.79. The van der Waals surface area contributed by atoms with Gasteiger partial charge in [0.25, 0.3) is 0 Å². The third-order valence-corrected chi connectivity index (χ3v) is 10.2. The quantitative estimate of drug-likeness (QED) is 0.187. The smallest absolute Gasteiger partial charge is 0.143 e. The van der Waals surface area contributed by atoms with Crippen molar-refractivity contribution in [2.24, 2.45) is 0 Å². The van der Waals surface area contributed by atoms with Gasteiger partial charge >= 0.3 is 0 Å². The van der Waals surface area contributed by atoms with E-state index in [-0.39, 0.29) is 0 Å². The molecule has 0 radical (unpaired) electrons. The van der Waals surface area contributed by atoms with Gasteiger partial charge in [0.05, 0.1) is 11.4 Å². The Kier molecular flexibility index (Phi) is 6.37. The van der Waals surface area contributed by atoms with Crippen molar-refractivity contribution in [1.29, 1.82) is 0 Å². The maximum absolute atomic E-state index is 6.67. The van der Waals surface area contributed by atoms with Gasteiger partial charge in [0.2, 0.25) is 0 Å². The molecule has 1 aliphatic carbocycles. The number of fused-ring (bicyclic) bond motifs is 8. The lowest BCUT2D eigenvalue weighted by Crippen LogP contribution is -2.12. The van der Waals surface area contributed by atoms with Crippen LogP contribution < -0.4 is 4.90 Å². The highest BCUT2D eigenvalue weighted by atomic mass is 16.3. The number of furan rings is 1. The molecule has 50 heavy (non-hydrogen) atoms. The summed E-state index contributed by atoms with van der Waals surface area (Å²) in [5, 5.41) is 4.40. The molecule has 1 aliphatic rings. The van der Waals surface area contributed by atoms with Gasteiger partial charge < -0.3 is 9.32 Å². The van der Waals surface area contributed by atoms with Crippen LogP contribution in [0.5, 0.6) is 0 Å². The lowest BCUT2D eigenvalue weighted by Gasteiger charge is -2.29. The molecule has 0 saturated heterocycles. The van der Waals surface area contributed by atoms with Crippen molar-refractivity contribution >= 4 is 55.3 Å². The van der Waals surface area contributed by atoms with Crippen molar-refractivity contribution in [3.05, 3.63) is 194 Å². The molecule has 2 nitrogen and oxygen atoms in total. The molecule has 1 aromatic heterocycles. The molecule has 0 N–H and O–H groups in total.